The third kappa shape index (κ3) is 3.81. The van der Waals surface area contributed by atoms with Crippen LogP contribution in [0.5, 0.6) is 11.5 Å². The Bertz CT molecular complexity index is 1070. The van der Waals surface area contributed by atoms with Crippen molar-refractivity contribution in [2.75, 3.05) is 29.6 Å². The highest BCUT2D eigenvalue weighted by molar-refractivity contribution is 8.13. The number of hydrogen-bond donors (Lipinski definition) is 0. The molecule has 1 saturated heterocycles. The molecule has 152 valence electrons. The van der Waals surface area contributed by atoms with Gasteiger partial charge in [-0.2, -0.15) is 0 Å². The predicted molar refractivity (Wildman–Crippen MR) is 116 cm³/mol. The van der Waals surface area contributed by atoms with Crippen LogP contribution in [0.3, 0.4) is 0 Å². The number of fused-ring (bicyclic) bond motifs is 2. The smallest absolute Gasteiger partial charge is 0.164 e. The number of hydrogen-bond acceptors (Lipinski definition) is 7. The number of amidine groups is 1. The van der Waals surface area contributed by atoms with Gasteiger partial charge in [-0.1, -0.05) is 35.5 Å². The molecule has 9 heteroatoms. The zero-order valence-electron chi connectivity index (χ0n) is 15.5. The lowest BCUT2D eigenvalue weighted by atomic mass is 10.1. The lowest BCUT2D eigenvalue weighted by Crippen LogP contribution is -2.39. The molecule has 2 aromatic rings. The van der Waals surface area contributed by atoms with Crippen molar-refractivity contribution in [2.24, 2.45) is 4.99 Å². The summed E-state index contributed by atoms with van der Waals surface area (Å²) in [7, 11) is -3.09. The van der Waals surface area contributed by atoms with Gasteiger partial charge < -0.3 is 14.4 Å². The first-order valence-electron chi connectivity index (χ1n) is 9.33. The van der Waals surface area contributed by atoms with Gasteiger partial charge in [0.25, 0.3) is 0 Å². The van der Waals surface area contributed by atoms with E-state index in [1.54, 1.807) is 11.8 Å². The SMILES string of the molecule is O=S1(=O)C[C@@H]2[C@@H](C1)N=C(SCc1ccc(Cl)cc1)N2c1ccc2c(c1)OCCO2. The van der Waals surface area contributed by atoms with Crippen molar-refractivity contribution in [3.8, 4) is 11.5 Å². The van der Waals surface area contributed by atoms with Gasteiger partial charge in [0, 0.05) is 22.5 Å². The molecular weight excluding hydrogens is 432 g/mol. The average molecular weight is 451 g/mol. The number of anilines is 1. The minimum absolute atomic E-state index is 0.101. The molecule has 3 aliphatic rings. The third-order valence-corrected chi connectivity index (χ3v) is 8.18. The minimum Gasteiger partial charge on any atom is -0.486 e. The molecule has 0 bridgehead atoms. The van der Waals surface area contributed by atoms with Crippen molar-refractivity contribution < 1.29 is 17.9 Å². The Labute approximate surface area is 178 Å². The predicted octanol–water partition coefficient (Wildman–Crippen LogP) is 3.39. The first-order chi connectivity index (χ1) is 14.0. The van der Waals surface area contributed by atoms with Gasteiger partial charge in [0.05, 0.1) is 23.6 Å². The zero-order valence-corrected chi connectivity index (χ0v) is 17.8. The van der Waals surface area contributed by atoms with E-state index in [-0.39, 0.29) is 23.6 Å². The quantitative estimate of drug-likeness (QED) is 0.714. The van der Waals surface area contributed by atoms with E-state index < -0.39 is 9.84 Å². The summed E-state index contributed by atoms with van der Waals surface area (Å²) in [6.07, 6.45) is 0. The lowest BCUT2D eigenvalue weighted by molar-refractivity contribution is 0.171. The number of rotatable bonds is 3. The van der Waals surface area contributed by atoms with Gasteiger partial charge >= 0.3 is 0 Å². The van der Waals surface area contributed by atoms with Crippen LogP contribution in [0.25, 0.3) is 0 Å². The van der Waals surface area contributed by atoms with Crippen molar-refractivity contribution >= 4 is 44.1 Å². The number of sulfone groups is 1. The van der Waals surface area contributed by atoms with E-state index in [0.29, 0.717) is 29.7 Å². The summed E-state index contributed by atoms with van der Waals surface area (Å²) < 4.78 is 35.8. The van der Waals surface area contributed by atoms with Crippen LogP contribution in [0.1, 0.15) is 5.56 Å². The molecule has 0 radical (unpaired) electrons. The van der Waals surface area contributed by atoms with Gasteiger partial charge in [-0.15, -0.1) is 0 Å². The number of thioether (sulfide) groups is 1. The number of halogens is 1. The normalized spacial score (nSPS) is 24.3. The molecule has 0 saturated carbocycles. The van der Waals surface area contributed by atoms with Gasteiger partial charge in [-0.3, -0.25) is 4.99 Å². The Morgan fingerprint density at radius 3 is 2.62 bits per heavy atom. The molecule has 3 heterocycles. The maximum Gasteiger partial charge on any atom is 0.164 e. The van der Waals surface area contributed by atoms with Crippen LogP contribution < -0.4 is 14.4 Å². The van der Waals surface area contributed by atoms with E-state index in [0.717, 1.165) is 22.2 Å². The summed E-state index contributed by atoms with van der Waals surface area (Å²) in [5.74, 6) is 2.33. The van der Waals surface area contributed by atoms with Crippen LogP contribution in [-0.2, 0) is 15.6 Å². The number of aliphatic imine (C=N–C) groups is 1. The maximum absolute atomic E-state index is 12.2. The third-order valence-electron chi connectivity index (χ3n) is 5.19. The second-order valence-corrected chi connectivity index (χ2v) is 10.8. The van der Waals surface area contributed by atoms with Crippen LogP contribution in [0.4, 0.5) is 5.69 Å². The van der Waals surface area contributed by atoms with Crippen LogP contribution in [-0.4, -0.2) is 50.4 Å². The van der Waals surface area contributed by atoms with E-state index in [2.05, 4.69) is 0 Å². The minimum atomic E-state index is -3.09. The van der Waals surface area contributed by atoms with Gasteiger partial charge in [-0.25, -0.2) is 8.42 Å². The second kappa shape index (κ2) is 7.41. The molecule has 3 aliphatic heterocycles. The van der Waals surface area contributed by atoms with Crippen LogP contribution >= 0.6 is 23.4 Å². The topological polar surface area (TPSA) is 68.2 Å². The first kappa shape index (κ1) is 19.1. The summed E-state index contributed by atoms with van der Waals surface area (Å²) >= 11 is 7.58. The maximum atomic E-state index is 12.2. The molecule has 6 nitrogen and oxygen atoms in total. The highest BCUT2D eigenvalue weighted by Crippen LogP contribution is 2.40. The molecule has 0 aliphatic carbocycles. The van der Waals surface area contributed by atoms with Crippen LogP contribution in [0, 0.1) is 0 Å². The van der Waals surface area contributed by atoms with Crippen molar-refractivity contribution in [1.82, 2.24) is 0 Å². The fraction of sp³-hybridized carbons (Fsp3) is 0.350. The second-order valence-electron chi connectivity index (χ2n) is 7.24. The van der Waals surface area contributed by atoms with Crippen molar-refractivity contribution in [2.45, 2.75) is 17.8 Å². The van der Waals surface area contributed by atoms with Crippen molar-refractivity contribution in [3.63, 3.8) is 0 Å². The van der Waals surface area contributed by atoms with E-state index in [1.165, 1.54) is 0 Å². The Morgan fingerprint density at radius 2 is 1.83 bits per heavy atom. The average Bonchev–Trinajstić information content (AvgIpc) is 3.18. The number of nitrogens with zero attached hydrogens (tertiary/aromatic N) is 2. The van der Waals surface area contributed by atoms with Crippen molar-refractivity contribution in [3.05, 3.63) is 53.1 Å². The zero-order chi connectivity index (χ0) is 20.0. The van der Waals surface area contributed by atoms with E-state index >= 15 is 0 Å². The molecule has 29 heavy (non-hydrogen) atoms. The highest BCUT2D eigenvalue weighted by atomic mass is 35.5. The summed E-state index contributed by atoms with van der Waals surface area (Å²) in [6, 6.07) is 13.0. The van der Waals surface area contributed by atoms with Crippen LogP contribution in [0.15, 0.2) is 47.5 Å². The Morgan fingerprint density at radius 1 is 1.07 bits per heavy atom. The largest absolute Gasteiger partial charge is 0.486 e. The molecular formula is C20H19ClN2O4S2. The van der Waals surface area contributed by atoms with E-state index in [1.807, 2.05) is 47.4 Å². The van der Waals surface area contributed by atoms with Gasteiger partial charge in [0.2, 0.25) is 0 Å². The summed E-state index contributed by atoms with van der Waals surface area (Å²) in [6.45, 7) is 1.03. The van der Waals surface area contributed by atoms with Crippen LogP contribution in [0.2, 0.25) is 5.02 Å². The Hall–Kier alpha value is -1.90. The highest BCUT2D eigenvalue weighted by Gasteiger charge is 2.47. The summed E-state index contributed by atoms with van der Waals surface area (Å²) in [5.41, 5.74) is 2.01. The fourth-order valence-corrected chi connectivity index (χ4v) is 6.89. The molecule has 5 rings (SSSR count). The standard InChI is InChI=1S/C20H19ClN2O4S2/c21-14-3-1-13(2-4-14)10-28-20-22-16-11-29(24,25)12-17(16)23(20)15-5-6-18-19(9-15)27-8-7-26-18/h1-6,9,16-17H,7-8,10-12H2/t16-,17-/m1/s1. The summed E-state index contributed by atoms with van der Waals surface area (Å²) in [5, 5.41) is 1.54. The molecule has 1 fully saturated rings. The van der Waals surface area contributed by atoms with Crippen molar-refractivity contribution in [1.29, 1.82) is 0 Å². The Kier molecular flexibility index (Phi) is 4.88. The molecule has 0 unspecified atom stereocenters. The molecule has 0 aromatic heterocycles. The van der Waals surface area contributed by atoms with Gasteiger partial charge in [0.15, 0.2) is 26.5 Å². The Balaban J connectivity index is 1.44. The van der Waals surface area contributed by atoms with E-state index in [4.69, 9.17) is 26.1 Å². The van der Waals surface area contributed by atoms with Gasteiger partial charge in [0.1, 0.15) is 13.2 Å². The molecule has 0 N–H and O–H groups in total. The molecule has 0 amide bonds. The number of benzene rings is 2. The summed E-state index contributed by atoms with van der Waals surface area (Å²) in [4.78, 5) is 6.83. The first-order valence-corrected chi connectivity index (χ1v) is 12.5. The van der Waals surface area contributed by atoms with Gasteiger partial charge in [-0.05, 0) is 29.8 Å². The molecule has 2 atom stereocenters. The van der Waals surface area contributed by atoms with E-state index in [9.17, 15) is 8.42 Å². The lowest BCUT2D eigenvalue weighted by Gasteiger charge is -2.28. The molecule has 2 aromatic carbocycles. The molecule has 0 spiro atoms. The monoisotopic (exact) mass is 450 g/mol. The number of ether oxygens (including phenoxy) is 2. The fourth-order valence-electron chi connectivity index (χ4n) is 3.85.